The normalized spacial score (nSPS) is 14.4. The van der Waals surface area contributed by atoms with Gasteiger partial charge in [-0.05, 0) is 88.4 Å². The smallest absolute Gasteiger partial charge is 0.395 e. The molecule has 0 atom stereocenters. The summed E-state index contributed by atoms with van der Waals surface area (Å²) in [7, 11) is 0. The Morgan fingerprint density at radius 2 is 1.19 bits per heavy atom. The van der Waals surface area contributed by atoms with Crippen LogP contribution in [0.2, 0.25) is 0 Å². The van der Waals surface area contributed by atoms with Crippen LogP contribution in [0.25, 0.3) is 28.5 Å². The van der Waals surface area contributed by atoms with Crippen molar-refractivity contribution in [2.45, 2.75) is 52.6 Å². The number of rotatable bonds is 7. The molecule has 13 nitrogen and oxygen atoms in total. The summed E-state index contributed by atoms with van der Waals surface area (Å²) in [6.45, 7) is 7.18. The first-order valence-electron chi connectivity index (χ1n) is 19.7. The average Bonchev–Trinajstić information content (AvgIpc) is 4.07. The van der Waals surface area contributed by atoms with Gasteiger partial charge in [-0.3, -0.25) is 9.36 Å². The summed E-state index contributed by atoms with van der Waals surface area (Å²) in [6.07, 6.45) is -12.1. The number of nitrogens with two attached hydrogens (primary N) is 1. The Balaban J connectivity index is 0.000000179. The number of halogens is 13. The summed E-state index contributed by atoms with van der Waals surface area (Å²) in [5.74, 6) is -0.607. The van der Waals surface area contributed by atoms with E-state index in [4.69, 9.17) is 10.7 Å². The van der Waals surface area contributed by atoms with Crippen LogP contribution >= 0.6 is 47.8 Å². The summed E-state index contributed by atoms with van der Waals surface area (Å²) >= 11 is 9.23. The number of amidine groups is 1. The zero-order valence-corrected chi connectivity index (χ0v) is 40.8. The number of ether oxygens (including phenoxy) is 4. The quantitative estimate of drug-likeness (QED) is 0.0713. The number of Topliss-reactive ketones (excluding diaryl/α,β-unsaturated/α-hetero) is 1. The van der Waals surface area contributed by atoms with Crippen LogP contribution in [-0.4, -0.2) is 64.4 Å². The second-order valence-electron chi connectivity index (χ2n) is 14.9. The Morgan fingerprint density at radius 1 is 0.657 bits per heavy atom. The molecular formula is C44H31Br3F10N8O5. The molecule has 26 heteroatoms. The summed E-state index contributed by atoms with van der Waals surface area (Å²) in [6, 6.07) is 19.2. The number of aromatic nitrogens is 6. The van der Waals surface area contributed by atoms with E-state index in [2.05, 4.69) is 81.7 Å². The molecule has 3 aromatic heterocycles. The maximum atomic E-state index is 13.5. The average molecular weight is 1180 g/mol. The van der Waals surface area contributed by atoms with Crippen molar-refractivity contribution in [2.75, 3.05) is 5.33 Å². The molecule has 4 aromatic carbocycles. The molecule has 0 amide bonds. The van der Waals surface area contributed by atoms with Gasteiger partial charge in [0.2, 0.25) is 5.78 Å². The molecule has 5 heterocycles. The largest absolute Gasteiger partial charge is 0.586 e. The first kappa shape index (κ1) is 51.4. The van der Waals surface area contributed by atoms with Crippen molar-refractivity contribution in [1.82, 2.24) is 28.7 Å². The van der Waals surface area contributed by atoms with Gasteiger partial charge in [0.1, 0.15) is 23.3 Å². The molecule has 2 N–H and O–H groups in total. The summed E-state index contributed by atoms with van der Waals surface area (Å²) in [5, 5.41) is -0.656. The standard InChI is InChI=1S/C22H17BrF2N4O2.C19H12BrF5N4O2.C3H2BrF3O/c1-12-10-28(14(3)26-12)18-6-4-15(23)8-17(18)21-27-13(2)11-29(21)16-5-7-19-20(9-16)31-22(24,25)30-19;1-9-27-16(18(21,22)23)8-29(9)13-4-2-10(20)6-12(13)17(26)28-11-3-5-14-15(7-11)31-19(24,25)30-14;4-1-2(8)3(5,6)7/h4-11H,1-3H3;2-8H,1H3,(H2,26,28);1H2. The molecule has 0 saturated heterocycles. The van der Waals surface area contributed by atoms with Crippen molar-refractivity contribution in [3.8, 4) is 51.4 Å². The minimum Gasteiger partial charge on any atom is -0.395 e. The Hall–Kier alpha value is -6.41. The minimum absolute atomic E-state index is 0.000188. The molecule has 0 spiro atoms. The SMILES string of the molecule is Cc1cn(-c2ccc(Br)cc2-c2nc(C)cn2-c2ccc3c(c2)OC(F)(F)O3)c(C)n1.Cc1nc(C(F)(F)F)cn1-c1ccc(Br)cc1C(N)=Nc1ccc2c(c1)OC(F)(F)O2.O=C(CBr)C(F)(F)F. The molecule has 70 heavy (non-hydrogen) atoms. The van der Waals surface area contributed by atoms with Gasteiger partial charge in [0.25, 0.3) is 0 Å². The third kappa shape index (κ3) is 11.6. The van der Waals surface area contributed by atoms with Crippen LogP contribution in [0.1, 0.15) is 34.3 Å². The van der Waals surface area contributed by atoms with Gasteiger partial charge < -0.3 is 33.8 Å². The van der Waals surface area contributed by atoms with Gasteiger partial charge in [0, 0.05) is 50.8 Å². The zero-order chi connectivity index (χ0) is 51.2. The van der Waals surface area contributed by atoms with Crippen LogP contribution in [0.15, 0.2) is 105 Å². The zero-order valence-electron chi connectivity index (χ0n) is 36.0. The number of carbonyl (C=O) groups is 1. The third-order valence-electron chi connectivity index (χ3n) is 9.69. The number of ketones is 1. The van der Waals surface area contributed by atoms with Crippen LogP contribution in [0.4, 0.5) is 49.6 Å². The lowest BCUT2D eigenvalue weighted by Gasteiger charge is -2.14. The topological polar surface area (TPSA) is 146 Å². The Bertz CT molecular complexity index is 3170. The molecule has 0 unspecified atom stereocenters. The molecule has 0 radical (unpaired) electrons. The highest BCUT2D eigenvalue weighted by Crippen LogP contribution is 2.44. The number of aliphatic imine (C=N–C) groups is 1. The number of carbonyl (C=O) groups excluding carboxylic acids is 1. The molecule has 0 fully saturated rings. The van der Waals surface area contributed by atoms with Crippen molar-refractivity contribution in [1.29, 1.82) is 0 Å². The first-order valence-corrected chi connectivity index (χ1v) is 22.4. The van der Waals surface area contributed by atoms with Crippen molar-refractivity contribution in [2.24, 2.45) is 10.7 Å². The summed E-state index contributed by atoms with van der Waals surface area (Å²) in [4.78, 5) is 26.7. The lowest BCUT2D eigenvalue weighted by Crippen LogP contribution is -2.25. The predicted molar refractivity (Wildman–Crippen MR) is 243 cm³/mol. The molecule has 368 valence electrons. The van der Waals surface area contributed by atoms with Crippen LogP contribution in [-0.2, 0) is 11.0 Å². The molecule has 2 aliphatic heterocycles. The maximum Gasteiger partial charge on any atom is 0.586 e. The highest BCUT2D eigenvalue weighted by atomic mass is 79.9. The van der Waals surface area contributed by atoms with E-state index in [1.54, 1.807) is 24.3 Å². The lowest BCUT2D eigenvalue weighted by atomic mass is 10.1. The van der Waals surface area contributed by atoms with Gasteiger partial charge in [-0.2, -0.15) is 26.3 Å². The van der Waals surface area contributed by atoms with E-state index in [1.165, 1.54) is 41.8 Å². The number of aryl methyl sites for hydroxylation is 4. The van der Waals surface area contributed by atoms with E-state index in [0.717, 1.165) is 39.1 Å². The Labute approximate surface area is 414 Å². The van der Waals surface area contributed by atoms with Gasteiger partial charge in [-0.1, -0.05) is 47.8 Å². The molecular weight excluding hydrogens is 1150 g/mol. The van der Waals surface area contributed by atoms with E-state index >= 15 is 0 Å². The number of fused-ring (bicyclic) bond motifs is 2. The van der Waals surface area contributed by atoms with Crippen molar-refractivity contribution >= 4 is 65.1 Å². The van der Waals surface area contributed by atoms with Crippen LogP contribution in [0.3, 0.4) is 0 Å². The highest BCUT2D eigenvalue weighted by molar-refractivity contribution is 9.10. The molecule has 0 bridgehead atoms. The minimum atomic E-state index is -4.68. The Morgan fingerprint density at radius 3 is 1.74 bits per heavy atom. The number of alkyl halides is 11. The molecule has 9 rings (SSSR count). The maximum absolute atomic E-state index is 13.5. The van der Waals surface area contributed by atoms with E-state index in [9.17, 15) is 48.7 Å². The Kier molecular flexibility index (Phi) is 14.3. The van der Waals surface area contributed by atoms with E-state index in [0.29, 0.717) is 27.2 Å². The fourth-order valence-electron chi connectivity index (χ4n) is 6.79. The predicted octanol–water partition coefficient (Wildman–Crippen LogP) is 12.6. The van der Waals surface area contributed by atoms with Gasteiger partial charge >= 0.3 is 24.9 Å². The highest BCUT2D eigenvalue weighted by Gasteiger charge is 2.44. The fraction of sp³-hybridized carbons (Fsp3) is 0.205. The number of nitrogens with zero attached hydrogens (tertiary/aromatic N) is 7. The van der Waals surface area contributed by atoms with Gasteiger partial charge in [0.15, 0.2) is 28.7 Å². The first-order chi connectivity index (χ1) is 32.6. The van der Waals surface area contributed by atoms with Crippen LogP contribution in [0, 0.1) is 27.7 Å². The van der Waals surface area contributed by atoms with E-state index < -0.39 is 41.7 Å². The number of imidazole rings is 3. The monoisotopic (exact) mass is 1180 g/mol. The lowest BCUT2D eigenvalue weighted by molar-refractivity contribution is -0.287. The molecule has 2 aliphatic rings. The third-order valence-corrected chi connectivity index (χ3v) is 11.2. The number of hydrogen-bond donors (Lipinski definition) is 1. The second-order valence-corrected chi connectivity index (χ2v) is 17.3. The summed E-state index contributed by atoms with van der Waals surface area (Å²) in [5.41, 5.74) is 9.93. The second kappa shape index (κ2) is 19.4. The van der Waals surface area contributed by atoms with E-state index in [1.807, 2.05) is 60.5 Å². The van der Waals surface area contributed by atoms with Crippen LogP contribution < -0.4 is 24.7 Å². The van der Waals surface area contributed by atoms with Crippen molar-refractivity contribution < 1.29 is 67.6 Å². The van der Waals surface area contributed by atoms with Crippen molar-refractivity contribution in [3.05, 3.63) is 135 Å². The van der Waals surface area contributed by atoms with E-state index in [-0.39, 0.29) is 40.3 Å². The van der Waals surface area contributed by atoms with Gasteiger partial charge in [-0.25, -0.2) is 19.9 Å². The molecule has 0 saturated carbocycles. The number of hydrogen-bond acceptors (Lipinski definition) is 9. The van der Waals surface area contributed by atoms with Gasteiger partial charge in [0.05, 0.1) is 39.5 Å². The number of benzene rings is 4. The summed E-state index contributed by atoms with van der Waals surface area (Å²) < 4.78 is 150. The van der Waals surface area contributed by atoms with Crippen LogP contribution in [0.5, 0.6) is 23.0 Å². The fourth-order valence-corrected chi connectivity index (χ4v) is 7.83. The molecule has 0 aliphatic carbocycles. The van der Waals surface area contributed by atoms with Gasteiger partial charge in [-0.15, -0.1) is 17.6 Å². The molecule has 7 aromatic rings. The van der Waals surface area contributed by atoms with Crippen molar-refractivity contribution in [3.63, 3.8) is 0 Å².